The Bertz CT molecular complexity index is 474. The van der Waals surface area contributed by atoms with Crippen LogP contribution in [0.25, 0.3) is 0 Å². The number of halogens is 1. The second-order valence-corrected chi connectivity index (χ2v) is 3.47. The number of anilines is 1. The standard InChI is InChI=1S/C7H4ClN5OS/c8-5-1-6(10-3-9-5)11-7(14)4-2-15-13-12-4/h1-3H,(H,9,10,11,14). The summed E-state index contributed by atoms with van der Waals surface area (Å²) in [5.41, 5.74) is 0.245. The number of carbonyl (C=O) groups excluding carboxylic acids is 1. The highest BCUT2D eigenvalue weighted by atomic mass is 35.5. The van der Waals surface area contributed by atoms with Crippen LogP contribution in [0.5, 0.6) is 0 Å². The predicted octanol–water partition coefficient (Wildman–Crippen LogP) is 1.23. The summed E-state index contributed by atoms with van der Waals surface area (Å²) in [4.78, 5) is 19.0. The highest BCUT2D eigenvalue weighted by Gasteiger charge is 2.09. The summed E-state index contributed by atoms with van der Waals surface area (Å²) in [6.45, 7) is 0. The average molecular weight is 242 g/mol. The molecule has 0 aliphatic carbocycles. The molecule has 0 bridgehead atoms. The summed E-state index contributed by atoms with van der Waals surface area (Å²) in [7, 11) is 0. The van der Waals surface area contributed by atoms with E-state index in [1.54, 1.807) is 0 Å². The highest BCUT2D eigenvalue weighted by Crippen LogP contribution is 2.09. The molecule has 0 aliphatic heterocycles. The molecule has 0 aliphatic rings. The lowest BCUT2D eigenvalue weighted by molar-refractivity contribution is 0.102. The van der Waals surface area contributed by atoms with Gasteiger partial charge in [0.25, 0.3) is 5.91 Å². The van der Waals surface area contributed by atoms with Crippen LogP contribution >= 0.6 is 23.1 Å². The lowest BCUT2D eigenvalue weighted by atomic mass is 10.4. The Morgan fingerprint density at radius 1 is 1.47 bits per heavy atom. The molecule has 2 aromatic rings. The second kappa shape index (κ2) is 4.28. The lowest BCUT2D eigenvalue weighted by Crippen LogP contribution is -2.13. The van der Waals surface area contributed by atoms with E-state index in [0.29, 0.717) is 5.82 Å². The van der Waals surface area contributed by atoms with E-state index in [9.17, 15) is 4.79 Å². The fourth-order valence-corrected chi connectivity index (χ4v) is 1.43. The third-order valence-corrected chi connectivity index (χ3v) is 2.18. The first-order chi connectivity index (χ1) is 7.25. The molecule has 0 spiro atoms. The molecule has 0 saturated heterocycles. The molecule has 1 N–H and O–H groups in total. The van der Waals surface area contributed by atoms with Crippen LogP contribution < -0.4 is 5.32 Å². The highest BCUT2D eigenvalue weighted by molar-refractivity contribution is 7.03. The zero-order valence-corrected chi connectivity index (χ0v) is 8.79. The summed E-state index contributed by atoms with van der Waals surface area (Å²) in [6.07, 6.45) is 1.26. The molecule has 76 valence electrons. The summed E-state index contributed by atoms with van der Waals surface area (Å²) in [5, 5.41) is 7.93. The Hall–Kier alpha value is -1.60. The van der Waals surface area contributed by atoms with Gasteiger partial charge in [0.2, 0.25) is 0 Å². The molecule has 0 atom stereocenters. The van der Waals surface area contributed by atoms with Crippen LogP contribution in [0.3, 0.4) is 0 Å². The fraction of sp³-hybridized carbons (Fsp3) is 0. The maximum Gasteiger partial charge on any atom is 0.278 e. The van der Waals surface area contributed by atoms with Gasteiger partial charge >= 0.3 is 0 Å². The molecule has 0 unspecified atom stereocenters. The summed E-state index contributed by atoms with van der Waals surface area (Å²) in [6, 6.07) is 1.44. The quantitative estimate of drug-likeness (QED) is 0.800. The van der Waals surface area contributed by atoms with Gasteiger partial charge in [-0.05, 0) is 11.5 Å². The Morgan fingerprint density at radius 2 is 2.33 bits per heavy atom. The van der Waals surface area contributed by atoms with Crippen molar-refractivity contribution in [3.63, 3.8) is 0 Å². The molecule has 8 heteroatoms. The molecule has 2 aromatic heterocycles. The number of nitrogens with one attached hydrogen (secondary N) is 1. The van der Waals surface area contributed by atoms with Crippen molar-refractivity contribution < 1.29 is 4.79 Å². The SMILES string of the molecule is O=C(Nc1cc(Cl)ncn1)c1csnn1. The number of carbonyl (C=O) groups is 1. The van der Waals surface area contributed by atoms with Crippen LogP contribution in [-0.2, 0) is 0 Å². The minimum atomic E-state index is -0.376. The molecule has 0 saturated carbocycles. The summed E-state index contributed by atoms with van der Waals surface area (Å²) < 4.78 is 3.57. The first-order valence-electron chi connectivity index (χ1n) is 3.81. The predicted molar refractivity (Wildman–Crippen MR) is 54.9 cm³/mol. The van der Waals surface area contributed by atoms with E-state index in [-0.39, 0.29) is 16.8 Å². The second-order valence-electron chi connectivity index (χ2n) is 2.47. The lowest BCUT2D eigenvalue weighted by Gasteiger charge is -2.00. The van der Waals surface area contributed by atoms with E-state index in [1.807, 2.05) is 0 Å². The van der Waals surface area contributed by atoms with Crippen molar-refractivity contribution in [2.24, 2.45) is 0 Å². The van der Waals surface area contributed by atoms with Crippen LogP contribution in [-0.4, -0.2) is 25.5 Å². The van der Waals surface area contributed by atoms with E-state index in [2.05, 4.69) is 24.9 Å². The number of hydrogen-bond donors (Lipinski definition) is 1. The molecule has 2 heterocycles. The van der Waals surface area contributed by atoms with Gasteiger partial charge < -0.3 is 5.32 Å². The van der Waals surface area contributed by atoms with E-state index in [4.69, 9.17) is 11.6 Å². The number of nitrogens with zero attached hydrogens (tertiary/aromatic N) is 4. The topological polar surface area (TPSA) is 80.7 Å². The van der Waals surface area contributed by atoms with Crippen LogP contribution in [0.15, 0.2) is 17.8 Å². The number of rotatable bonds is 2. The Labute approximate surface area is 93.5 Å². The summed E-state index contributed by atoms with van der Waals surface area (Å²) in [5.74, 6) is -0.0495. The van der Waals surface area contributed by atoms with E-state index >= 15 is 0 Å². The first-order valence-corrected chi connectivity index (χ1v) is 5.03. The normalized spacial score (nSPS) is 9.93. The largest absolute Gasteiger partial charge is 0.305 e. The van der Waals surface area contributed by atoms with Crippen molar-refractivity contribution in [2.75, 3.05) is 5.32 Å². The first kappa shape index (κ1) is 9.94. The molecule has 1 amide bonds. The monoisotopic (exact) mass is 241 g/mol. The smallest absolute Gasteiger partial charge is 0.278 e. The van der Waals surface area contributed by atoms with Gasteiger partial charge in [-0.15, -0.1) is 5.10 Å². The van der Waals surface area contributed by atoms with Crippen molar-refractivity contribution in [2.45, 2.75) is 0 Å². The summed E-state index contributed by atoms with van der Waals surface area (Å²) >= 11 is 6.73. The molecular formula is C7H4ClN5OS. The third-order valence-electron chi connectivity index (χ3n) is 1.47. The van der Waals surface area contributed by atoms with Gasteiger partial charge in [0.05, 0.1) is 0 Å². The van der Waals surface area contributed by atoms with Crippen LogP contribution in [0.2, 0.25) is 5.15 Å². The van der Waals surface area contributed by atoms with Crippen molar-refractivity contribution in [3.05, 3.63) is 28.6 Å². The van der Waals surface area contributed by atoms with Gasteiger partial charge in [0.1, 0.15) is 17.3 Å². The Kier molecular flexibility index (Phi) is 2.84. The molecule has 2 rings (SSSR count). The molecule has 15 heavy (non-hydrogen) atoms. The molecule has 0 aromatic carbocycles. The third kappa shape index (κ3) is 2.45. The van der Waals surface area contributed by atoms with Gasteiger partial charge in [-0.1, -0.05) is 16.1 Å². The minimum Gasteiger partial charge on any atom is -0.305 e. The van der Waals surface area contributed by atoms with Crippen molar-refractivity contribution >= 4 is 34.9 Å². The van der Waals surface area contributed by atoms with Crippen molar-refractivity contribution in [3.8, 4) is 0 Å². The Balaban J connectivity index is 2.13. The number of amides is 1. The Morgan fingerprint density at radius 3 is 3.00 bits per heavy atom. The van der Waals surface area contributed by atoms with Gasteiger partial charge in [-0.2, -0.15) is 0 Å². The maximum atomic E-state index is 11.5. The van der Waals surface area contributed by atoms with Gasteiger partial charge in [-0.3, -0.25) is 4.79 Å². The van der Waals surface area contributed by atoms with Crippen LogP contribution in [0, 0.1) is 0 Å². The van der Waals surface area contributed by atoms with E-state index in [0.717, 1.165) is 11.5 Å². The zero-order chi connectivity index (χ0) is 10.7. The van der Waals surface area contributed by atoms with Crippen LogP contribution in [0.1, 0.15) is 10.5 Å². The average Bonchev–Trinajstić information content (AvgIpc) is 2.70. The molecular weight excluding hydrogens is 238 g/mol. The minimum absolute atomic E-state index is 0.245. The van der Waals surface area contributed by atoms with Gasteiger partial charge in [0, 0.05) is 11.4 Å². The molecule has 6 nitrogen and oxygen atoms in total. The number of hydrogen-bond acceptors (Lipinski definition) is 6. The molecule has 0 radical (unpaired) electrons. The van der Waals surface area contributed by atoms with Gasteiger partial charge in [0.15, 0.2) is 5.69 Å². The van der Waals surface area contributed by atoms with Crippen LogP contribution in [0.4, 0.5) is 5.82 Å². The number of aromatic nitrogens is 4. The fourth-order valence-electron chi connectivity index (χ4n) is 0.846. The van der Waals surface area contributed by atoms with Crippen molar-refractivity contribution in [1.82, 2.24) is 19.6 Å². The molecule has 0 fully saturated rings. The van der Waals surface area contributed by atoms with Crippen molar-refractivity contribution in [1.29, 1.82) is 0 Å². The van der Waals surface area contributed by atoms with E-state index in [1.165, 1.54) is 17.8 Å². The maximum absolute atomic E-state index is 11.5. The van der Waals surface area contributed by atoms with E-state index < -0.39 is 0 Å². The zero-order valence-electron chi connectivity index (χ0n) is 7.22. The van der Waals surface area contributed by atoms with Gasteiger partial charge in [-0.25, -0.2) is 9.97 Å².